The lowest BCUT2D eigenvalue weighted by Gasteiger charge is -2.30. The largest absolute Gasteiger partial charge is 0.310 e. The van der Waals surface area contributed by atoms with E-state index in [1.54, 1.807) is 0 Å². The maximum absolute atomic E-state index is 4.31. The van der Waals surface area contributed by atoms with E-state index in [1.165, 1.54) is 80.1 Å². The van der Waals surface area contributed by atoms with Gasteiger partial charge < -0.3 is 9.80 Å². The van der Waals surface area contributed by atoms with Crippen LogP contribution in [0.2, 0.25) is 0 Å². The number of thiophene rings is 1. The van der Waals surface area contributed by atoms with Gasteiger partial charge in [0.2, 0.25) is 0 Å². The van der Waals surface area contributed by atoms with Gasteiger partial charge in [0.1, 0.15) is 0 Å². The molecule has 1 fully saturated rings. The molecule has 9 rings (SSSR count). The summed E-state index contributed by atoms with van der Waals surface area (Å²) in [7, 11) is 0. The molecule has 0 bridgehead atoms. The molecule has 1 unspecified atom stereocenters. The van der Waals surface area contributed by atoms with Crippen molar-refractivity contribution in [1.82, 2.24) is 0 Å². The van der Waals surface area contributed by atoms with Crippen LogP contribution >= 0.6 is 11.3 Å². The van der Waals surface area contributed by atoms with Gasteiger partial charge in [0.25, 0.3) is 0 Å². The first kappa shape index (κ1) is 35.8. The van der Waals surface area contributed by atoms with E-state index in [4.69, 9.17) is 0 Å². The van der Waals surface area contributed by atoms with Crippen molar-refractivity contribution in [2.75, 3.05) is 9.80 Å². The molecule has 0 amide bonds. The Hall–Kier alpha value is -5.90. The Balaban J connectivity index is 1.14. The lowest BCUT2D eigenvalue weighted by atomic mass is 9.83. The van der Waals surface area contributed by atoms with E-state index in [9.17, 15) is 0 Å². The molecule has 0 saturated heterocycles. The van der Waals surface area contributed by atoms with Crippen molar-refractivity contribution in [2.24, 2.45) is 5.92 Å². The van der Waals surface area contributed by atoms with E-state index in [0.717, 1.165) is 52.9 Å². The van der Waals surface area contributed by atoms with Crippen LogP contribution in [0.5, 0.6) is 0 Å². The van der Waals surface area contributed by atoms with Crippen molar-refractivity contribution in [1.29, 1.82) is 0 Å². The highest BCUT2D eigenvalue weighted by molar-refractivity contribution is 7.25. The van der Waals surface area contributed by atoms with Crippen LogP contribution < -0.4 is 9.80 Å². The predicted octanol–water partition coefficient (Wildman–Crippen LogP) is 15.9. The minimum Gasteiger partial charge on any atom is -0.310 e. The highest BCUT2D eigenvalue weighted by Crippen LogP contribution is 2.44. The number of aryl methyl sites for hydroxylation is 2. The Labute approximate surface area is 336 Å². The second-order valence-electron chi connectivity index (χ2n) is 15.3. The summed E-state index contributed by atoms with van der Waals surface area (Å²) in [5, 5.41) is 2.60. The summed E-state index contributed by atoms with van der Waals surface area (Å²) in [6, 6.07) is 62.7. The molecule has 7 aromatic carbocycles. The van der Waals surface area contributed by atoms with Gasteiger partial charge in [0.15, 0.2) is 0 Å². The van der Waals surface area contributed by atoms with Crippen molar-refractivity contribution in [2.45, 2.75) is 51.9 Å². The average molecular weight is 745 g/mol. The molecule has 1 aliphatic carbocycles. The molecule has 1 heterocycles. The van der Waals surface area contributed by atoms with Gasteiger partial charge in [0, 0.05) is 54.3 Å². The molecule has 56 heavy (non-hydrogen) atoms. The standard InChI is InChI=1S/C53H48N2S/c1-3-39-34-48(36-49(35-39)55(44-17-8-5-9-18-44)47-31-32-53-51(37-47)50-19-10-11-20-52(50)56-53)54(46-29-25-43(26-30-46)42-15-6-4-7-16-42)45-27-23-40(24-28-45)21-22-41-14-12-13-38(2)33-41/h4-11,15-20,23-32,34-37,41H,2-3,12-14,21-22,33H2,1H3. The number of rotatable bonds is 11. The molecule has 1 saturated carbocycles. The molecule has 0 N–H and O–H groups in total. The van der Waals surface area contributed by atoms with Crippen molar-refractivity contribution in [3.63, 3.8) is 0 Å². The van der Waals surface area contributed by atoms with Gasteiger partial charge in [-0.3, -0.25) is 0 Å². The average Bonchev–Trinajstić information content (AvgIpc) is 3.63. The highest BCUT2D eigenvalue weighted by Gasteiger charge is 2.21. The van der Waals surface area contributed by atoms with Gasteiger partial charge in [-0.2, -0.15) is 0 Å². The summed E-state index contributed by atoms with van der Waals surface area (Å²) >= 11 is 1.86. The third-order valence-electron chi connectivity index (χ3n) is 11.5. The van der Waals surface area contributed by atoms with Crippen LogP contribution in [0.3, 0.4) is 0 Å². The number of hydrogen-bond acceptors (Lipinski definition) is 3. The topological polar surface area (TPSA) is 6.48 Å². The minimum absolute atomic E-state index is 0.762. The van der Waals surface area contributed by atoms with Crippen molar-refractivity contribution in [3.8, 4) is 11.1 Å². The van der Waals surface area contributed by atoms with Gasteiger partial charge in [-0.25, -0.2) is 0 Å². The zero-order valence-electron chi connectivity index (χ0n) is 32.2. The quantitative estimate of drug-likeness (QED) is 0.122. The first-order chi connectivity index (χ1) is 27.6. The number of fused-ring (bicyclic) bond motifs is 3. The third kappa shape index (κ3) is 7.52. The first-order valence-corrected chi connectivity index (χ1v) is 21.0. The van der Waals surface area contributed by atoms with E-state index < -0.39 is 0 Å². The molecule has 1 atom stereocenters. The Morgan fingerprint density at radius 1 is 0.536 bits per heavy atom. The van der Waals surface area contributed by atoms with Crippen LogP contribution in [0.1, 0.15) is 50.2 Å². The van der Waals surface area contributed by atoms with Crippen molar-refractivity contribution < 1.29 is 0 Å². The fourth-order valence-corrected chi connectivity index (χ4v) is 9.65. The summed E-state index contributed by atoms with van der Waals surface area (Å²) in [5.74, 6) is 0.762. The zero-order valence-corrected chi connectivity index (χ0v) is 33.0. The van der Waals surface area contributed by atoms with Crippen molar-refractivity contribution in [3.05, 3.63) is 193 Å². The number of benzene rings is 7. The fraction of sp³-hybridized carbons (Fsp3) is 0.170. The van der Waals surface area contributed by atoms with E-state index in [1.807, 2.05) is 11.3 Å². The normalized spacial score (nSPS) is 14.3. The lowest BCUT2D eigenvalue weighted by Crippen LogP contribution is -2.14. The summed E-state index contributed by atoms with van der Waals surface area (Å²) in [6.45, 7) is 6.57. The van der Waals surface area contributed by atoms with Gasteiger partial charge in [-0.05, 0) is 152 Å². The van der Waals surface area contributed by atoms with Crippen LogP contribution in [-0.4, -0.2) is 0 Å². The monoisotopic (exact) mass is 744 g/mol. The van der Waals surface area contributed by atoms with Crippen LogP contribution in [0.4, 0.5) is 34.1 Å². The molecule has 0 aliphatic heterocycles. The summed E-state index contributed by atoms with van der Waals surface area (Å²) in [6.07, 6.45) is 8.28. The fourth-order valence-electron chi connectivity index (χ4n) is 8.56. The van der Waals surface area contributed by atoms with E-state index >= 15 is 0 Å². The minimum atomic E-state index is 0.762. The predicted molar refractivity (Wildman–Crippen MR) is 243 cm³/mol. The molecule has 1 aliphatic rings. The van der Waals surface area contributed by atoms with Crippen LogP contribution in [0, 0.1) is 5.92 Å². The number of hydrogen-bond donors (Lipinski definition) is 0. The Bertz CT molecular complexity index is 2590. The van der Waals surface area contributed by atoms with Crippen molar-refractivity contribution >= 4 is 65.6 Å². The van der Waals surface area contributed by atoms with Gasteiger partial charge >= 0.3 is 0 Å². The smallest absolute Gasteiger partial charge is 0.0485 e. The molecule has 0 spiro atoms. The molecule has 276 valence electrons. The Morgan fingerprint density at radius 3 is 1.84 bits per heavy atom. The summed E-state index contributed by atoms with van der Waals surface area (Å²) in [5.41, 5.74) is 13.4. The van der Waals surface area contributed by atoms with E-state index in [2.05, 4.69) is 193 Å². The van der Waals surface area contributed by atoms with Crippen LogP contribution in [-0.2, 0) is 12.8 Å². The molecule has 1 aromatic heterocycles. The number of allylic oxidation sites excluding steroid dienone is 1. The van der Waals surface area contributed by atoms with Gasteiger partial charge in [-0.15, -0.1) is 11.3 Å². The molecule has 0 radical (unpaired) electrons. The molecule has 8 aromatic rings. The van der Waals surface area contributed by atoms with E-state index in [-0.39, 0.29) is 0 Å². The lowest BCUT2D eigenvalue weighted by molar-refractivity contribution is 0.394. The molecule has 3 heteroatoms. The maximum atomic E-state index is 4.31. The number of nitrogens with zero attached hydrogens (tertiary/aromatic N) is 2. The number of para-hydroxylation sites is 1. The second-order valence-corrected chi connectivity index (χ2v) is 16.4. The van der Waals surface area contributed by atoms with Crippen LogP contribution in [0.25, 0.3) is 31.3 Å². The Kier molecular flexibility index (Phi) is 10.3. The van der Waals surface area contributed by atoms with Gasteiger partial charge in [-0.1, -0.05) is 110 Å². The summed E-state index contributed by atoms with van der Waals surface area (Å²) < 4.78 is 2.63. The zero-order chi connectivity index (χ0) is 37.8. The molecular weight excluding hydrogens is 697 g/mol. The maximum Gasteiger partial charge on any atom is 0.0485 e. The third-order valence-corrected chi connectivity index (χ3v) is 12.7. The van der Waals surface area contributed by atoms with E-state index in [0.29, 0.717) is 0 Å². The molecule has 2 nitrogen and oxygen atoms in total. The summed E-state index contributed by atoms with van der Waals surface area (Å²) in [4.78, 5) is 4.86. The SMILES string of the molecule is C=C1CCCC(CCc2ccc(N(c3ccc(-c4ccccc4)cc3)c3cc(CC)cc(N(c4ccccc4)c4ccc5sc6ccccc6c5c4)c3)cc2)C1. The molecular formula is C53H48N2S. The first-order valence-electron chi connectivity index (χ1n) is 20.2. The Morgan fingerprint density at radius 2 is 1.12 bits per heavy atom. The van der Waals surface area contributed by atoms with Gasteiger partial charge in [0.05, 0.1) is 0 Å². The highest BCUT2D eigenvalue weighted by atomic mass is 32.1. The second kappa shape index (κ2) is 16.1. The van der Waals surface area contributed by atoms with Crippen LogP contribution in [0.15, 0.2) is 182 Å². The number of anilines is 6.